The lowest BCUT2D eigenvalue weighted by Crippen LogP contribution is -2.57. The minimum atomic E-state index is -1.21. The molecule has 0 radical (unpaired) electrons. The van der Waals surface area contributed by atoms with Crippen LogP contribution >= 0.6 is 0 Å². The summed E-state index contributed by atoms with van der Waals surface area (Å²) in [6.45, 7) is 10.2. The summed E-state index contributed by atoms with van der Waals surface area (Å²) in [5.74, 6) is -0.540. The Balaban J connectivity index is 1.46. The van der Waals surface area contributed by atoms with Crippen LogP contribution in [-0.2, 0) is 32.2 Å². The summed E-state index contributed by atoms with van der Waals surface area (Å²) < 4.78 is 22.7. The third kappa shape index (κ3) is 5.98. The second-order valence-corrected chi connectivity index (χ2v) is 13.2. The monoisotopic (exact) mass is 585 g/mol. The van der Waals surface area contributed by atoms with Crippen LogP contribution in [0.15, 0.2) is 12.1 Å². The molecule has 4 heterocycles. The van der Waals surface area contributed by atoms with Crippen LogP contribution in [0.1, 0.15) is 70.6 Å². The molecule has 4 bridgehead atoms. The SMILES string of the molecule is CC1(C)CC=Cc2c3c(cc4c2OCO4)CN(C3)C(=O)O[C@@H]2CC(C(=O)O)N(C2)C(=O)[C@H](C(C)(C)C)NC(=O)OCC1. The molecule has 4 aliphatic rings. The molecule has 1 aromatic rings. The summed E-state index contributed by atoms with van der Waals surface area (Å²) in [6, 6.07) is -0.384. The number of amides is 3. The predicted octanol–water partition coefficient (Wildman–Crippen LogP) is 3.90. The molecule has 3 atom stereocenters. The second-order valence-electron chi connectivity index (χ2n) is 13.2. The van der Waals surface area contributed by atoms with E-state index in [0.717, 1.165) is 16.7 Å². The highest BCUT2D eigenvalue weighted by Crippen LogP contribution is 2.44. The van der Waals surface area contributed by atoms with Crippen molar-refractivity contribution in [2.24, 2.45) is 10.8 Å². The molecule has 5 rings (SSSR count). The lowest BCUT2D eigenvalue weighted by atomic mass is 9.85. The molecule has 1 fully saturated rings. The highest BCUT2D eigenvalue weighted by molar-refractivity contribution is 5.90. The maximum atomic E-state index is 13.7. The van der Waals surface area contributed by atoms with Crippen LogP contribution in [0.4, 0.5) is 9.59 Å². The fourth-order valence-electron chi connectivity index (χ4n) is 5.82. The van der Waals surface area contributed by atoms with E-state index in [9.17, 15) is 24.3 Å². The minimum absolute atomic E-state index is 0.0615. The normalized spacial score (nSPS) is 26.0. The fraction of sp³-hybridized carbons (Fsp3) is 0.600. The van der Waals surface area contributed by atoms with E-state index >= 15 is 0 Å². The second kappa shape index (κ2) is 11.0. The molecule has 0 spiro atoms. The number of fused-ring (bicyclic) bond motifs is 5. The van der Waals surface area contributed by atoms with Crippen LogP contribution in [0, 0.1) is 10.8 Å². The van der Waals surface area contributed by atoms with E-state index in [4.69, 9.17) is 18.9 Å². The Kier molecular flexibility index (Phi) is 7.76. The van der Waals surface area contributed by atoms with Gasteiger partial charge in [-0.2, -0.15) is 0 Å². The van der Waals surface area contributed by atoms with Gasteiger partial charge < -0.3 is 34.3 Å². The molecule has 4 aliphatic heterocycles. The summed E-state index contributed by atoms with van der Waals surface area (Å²) in [4.78, 5) is 54.7. The van der Waals surface area contributed by atoms with Crippen molar-refractivity contribution in [3.63, 3.8) is 0 Å². The Morgan fingerprint density at radius 1 is 1.12 bits per heavy atom. The number of aliphatic carboxylic acids is 1. The molecule has 0 aliphatic carbocycles. The van der Waals surface area contributed by atoms with Crippen molar-refractivity contribution in [2.75, 3.05) is 19.9 Å². The molecule has 0 saturated carbocycles. The minimum Gasteiger partial charge on any atom is -0.480 e. The number of nitrogens with one attached hydrogen (secondary N) is 1. The number of hydrogen-bond donors (Lipinski definition) is 2. The molecular weight excluding hydrogens is 546 g/mol. The number of allylic oxidation sites excluding steroid dienone is 1. The average Bonchev–Trinajstić information content (AvgIpc) is 3.63. The quantitative estimate of drug-likeness (QED) is 0.501. The lowest BCUT2D eigenvalue weighted by Gasteiger charge is -2.34. The highest BCUT2D eigenvalue weighted by Gasteiger charge is 2.47. The van der Waals surface area contributed by atoms with Gasteiger partial charge >= 0.3 is 18.2 Å². The van der Waals surface area contributed by atoms with Crippen LogP contribution in [0.3, 0.4) is 0 Å². The van der Waals surface area contributed by atoms with Crippen LogP contribution in [0.2, 0.25) is 0 Å². The first-order chi connectivity index (χ1) is 19.7. The van der Waals surface area contributed by atoms with Gasteiger partial charge in [0, 0.05) is 18.5 Å². The molecule has 1 unspecified atom stereocenters. The number of cyclic esters (lactones) is 1. The molecular formula is C30H39N3O9. The zero-order valence-electron chi connectivity index (χ0n) is 24.7. The molecule has 42 heavy (non-hydrogen) atoms. The molecule has 12 nitrogen and oxygen atoms in total. The fourth-order valence-corrected chi connectivity index (χ4v) is 5.82. The van der Waals surface area contributed by atoms with Gasteiger partial charge in [0.1, 0.15) is 18.2 Å². The van der Waals surface area contributed by atoms with E-state index in [1.54, 1.807) is 25.7 Å². The molecule has 0 aromatic heterocycles. The van der Waals surface area contributed by atoms with Gasteiger partial charge in [0.25, 0.3) is 0 Å². The van der Waals surface area contributed by atoms with Gasteiger partial charge in [0.15, 0.2) is 11.5 Å². The first kappa shape index (κ1) is 29.5. The van der Waals surface area contributed by atoms with E-state index in [1.807, 2.05) is 18.2 Å². The average molecular weight is 586 g/mol. The van der Waals surface area contributed by atoms with Gasteiger partial charge in [-0.25, -0.2) is 14.4 Å². The number of rotatable bonds is 1. The van der Waals surface area contributed by atoms with Gasteiger partial charge in [-0.3, -0.25) is 9.69 Å². The van der Waals surface area contributed by atoms with Crippen molar-refractivity contribution in [3.05, 3.63) is 28.8 Å². The Hall–Kier alpha value is -3.96. The Morgan fingerprint density at radius 2 is 1.88 bits per heavy atom. The zero-order valence-corrected chi connectivity index (χ0v) is 24.7. The number of benzene rings is 1. The number of hydrogen-bond acceptors (Lipinski definition) is 8. The molecule has 1 saturated heterocycles. The zero-order chi connectivity index (χ0) is 30.4. The van der Waals surface area contributed by atoms with Gasteiger partial charge in [-0.05, 0) is 40.9 Å². The van der Waals surface area contributed by atoms with E-state index in [1.165, 1.54) is 4.90 Å². The Labute approximate surface area is 244 Å². The summed E-state index contributed by atoms with van der Waals surface area (Å²) in [7, 11) is 0. The van der Waals surface area contributed by atoms with Gasteiger partial charge in [0.2, 0.25) is 12.7 Å². The molecule has 2 N–H and O–H groups in total. The van der Waals surface area contributed by atoms with Crippen molar-refractivity contribution < 1.29 is 43.2 Å². The number of ether oxygens (including phenoxy) is 4. The molecule has 1 aromatic carbocycles. The first-order valence-corrected chi connectivity index (χ1v) is 14.3. The number of nitrogens with zero attached hydrogens (tertiary/aromatic N) is 2. The van der Waals surface area contributed by atoms with Gasteiger partial charge in [0.05, 0.1) is 19.7 Å². The van der Waals surface area contributed by atoms with Crippen LogP contribution in [0.5, 0.6) is 11.5 Å². The van der Waals surface area contributed by atoms with Crippen LogP contribution < -0.4 is 14.8 Å². The maximum Gasteiger partial charge on any atom is 0.410 e. The largest absolute Gasteiger partial charge is 0.480 e. The van der Waals surface area contributed by atoms with Gasteiger partial charge in [-0.15, -0.1) is 0 Å². The summed E-state index contributed by atoms with van der Waals surface area (Å²) in [6.07, 6.45) is 3.03. The van der Waals surface area contributed by atoms with Crippen molar-refractivity contribution in [2.45, 2.75) is 85.2 Å². The number of carboxylic acid groups (broad SMARTS) is 1. The smallest absolute Gasteiger partial charge is 0.410 e. The third-order valence-electron chi connectivity index (χ3n) is 8.31. The standard InChI is InChI=1S/C30H39N3O9/c1-29(2,3)24-25(34)33-14-18(12-21(33)26(35)36)42-28(38)32-13-17-11-22-23(41-16-40-22)19(20(17)15-32)7-6-8-30(4,5)9-10-39-27(37)31-24/h6-7,11,18,21,24H,8-10,12-16H2,1-5H3,(H,31,37)(H,35,36)/t18-,21?,24-/m1/s1. The topological polar surface area (TPSA) is 144 Å². The van der Waals surface area contributed by atoms with Crippen molar-refractivity contribution in [3.8, 4) is 11.5 Å². The highest BCUT2D eigenvalue weighted by atomic mass is 16.7. The molecule has 228 valence electrons. The van der Waals surface area contributed by atoms with Crippen LogP contribution in [0.25, 0.3) is 6.08 Å². The maximum absolute atomic E-state index is 13.7. The number of carboxylic acids is 1. The number of carbonyl (C=O) groups is 4. The van der Waals surface area contributed by atoms with Crippen molar-refractivity contribution >= 4 is 30.1 Å². The number of alkyl carbamates (subject to hydrolysis) is 1. The van der Waals surface area contributed by atoms with E-state index in [2.05, 4.69) is 19.2 Å². The summed E-state index contributed by atoms with van der Waals surface area (Å²) in [5, 5.41) is 12.6. The van der Waals surface area contributed by atoms with Gasteiger partial charge in [-0.1, -0.05) is 46.8 Å². The van der Waals surface area contributed by atoms with E-state index in [-0.39, 0.29) is 38.3 Å². The third-order valence-corrected chi connectivity index (χ3v) is 8.31. The lowest BCUT2D eigenvalue weighted by molar-refractivity contribution is -0.150. The van der Waals surface area contributed by atoms with E-state index in [0.29, 0.717) is 30.9 Å². The predicted molar refractivity (Wildman–Crippen MR) is 150 cm³/mol. The van der Waals surface area contributed by atoms with Crippen molar-refractivity contribution in [1.29, 1.82) is 0 Å². The summed E-state index contributed by atoms with van der Waals surface area (Å²) >= 11 is 0. The Bertz CT molecular complexity index is 1320. The number of carbonyl (C=O) groups excluding carboxylic acids is 3. The van der Waals surface area contributed by atoms with E-state index < -0.39 is 47.7 Å². The Morgan fingerprint density at radius 3 is 2.60 bits per heavy atom. The van der Waals surface area contributed by atoms with Crippen molar-refractivity contribution in [1.82, 2.24) is 15.1 Å². The molecule has 3 amide bonds. The van der Waals surface area contributed by atoms with Crippen LogP contribution in [-0.4, -0.2) is 77.1 Å². The molecule has 12 heteroatoms. The summed E-state index contributed by atoms with van der Waals surface area (Å²) in [5.41, 5.74) is 1.72. The first-order valence-electron chi connectivity index (χ1n) is 14.3.